The molecule has 0 saturated heterocycles. The van der Waals surface area contributed by atoms with Gasteiger partial charge in [-0.2, -0.15) is 0 Å². The number of hydrogen-bond acceptors (Lipinski definition) is 0. The second kappa shape index (κ2) is 11.9. The third kappa shape index (κ3) is 4.62. The molecule has 0 spiro atoms. The van der Waals surface area contributed by atoms with Gasteiger partial charge in [0.05, 0.1) is 0 Å². The van der Waals surface area contributed by atoms with Gasteiger partial charge < -0.3 is 37.2 Å². The van der Waals surface area contributed by atoms with Crippen LogP contribution in [-0.2, 0) is 20.4 Å². The van der Waals surface area contributed by atoms with E-state index in [9.17, 15) is 0 Å². The maximum atomic E-state index is 2.51. The van der Waals surface area contributed by atoms with Crippen LogP contribution in [-0.4, -0.2) is 8.07 Å². The van der Waals surface area contributed by atoms with Crippen molar-refractivity contribution >= 4 is 23.6 Å². The Morgan fingerprint density at radius 3 is 1.41 bits per heavy atom. The molecule has 162 valence electrons. The molecule has 0 bridgehead atoms. The molecule has 4 atom stereocenters. The predicted octanol–water partition coefficient (Wildman–Crippen LogP) is -4.36. The zero-order valence-electron chi connectivity index (χ0n) is 17.6. The fourth-order valence-corrected chi connectivity index (χ4v) is 13.5. The Balaban J connectivity index is 0.00000121. The summed E-state index contributed by atoms with van der Waals surface area (Å²) in [4.78, 5) is 0. The molecule has 3 aromatic rings. The Kier molecular flexibility index (Phi) is 10.1. The molecule has 1 saturated carbocycles. The maximum absolute atomic E-state index is 2.51. The van der Waals surface area contributed by atoms with E-state index in [-0.39, 0.29) is 37.2 Å². The SMILES string of the molecule is [Cl-].[Cl-].[Cl-].[Ti+3][CH]1C2C=CC=CC2CC1[Si](c1ccccc1)(c1ccccc1)c1ccccc1. The monoisotopic (exact) mass is 530 g/mol. The number of allylic oxidation sites excluding steroid dienone is 4. The van der Waals surface area contributed by atoms with Crippen molar-refractivity contribution < 1.29 is 57.7 Å². The average molecular weight is 532 g/mol. The second-order valence-corrected chi connectivity index (χ2v) is 13.4. The molecular weight excluding hydrogens is 507 g/mol. The van der Waals surface area contributed by atoms with Gasteiger partial charge in [0.15, 0.2) is 0 Å². The van der Waals surface area contributed by atoms with Crippen LogP contribution in [0.1, 0.15) is 6.42 Å². The number of fused-ring (bicyclic) bond motifs is 1. The van der Waals surface area contributed by atoms with E-state index in [0.717, 1.165) is 0 Å². The minimum atomic E-state index is -2.21. The molecule has 0 aromatic heterocycles. The van der Waals surface area contributed by atoms with E-state index < -0.39 is 8.07 Å². The van der Waals surface area contributed by atoms with Crippen LogP contribution in [0.15, 0.2) is 115 Å². The molecule has 32 heavy (non-hydrogen) atoms. The topological polar surface area (TPSA) is 0 Å². The molecule has 3 aromatic carbocycles. The first kappa shape index (κ1) is 27.2. The van der Waals surface area contributed by atoms with Crippen molar-refractivity contribution in [3.63, 3.8) is 0 Å². The summed E-state index contributed by atoms with van der Waals surface area (Å²) in [5.74, 6) is 1.33. The summed E-state index contributed by atoms with van der Waals surface area (Å²) in [5, 5.41) is 4.63. The second-order valence-electron chi connectivity index (χ2n) is 8.29. The van der Waals surface area contributed by atoms with Gasteiger partial charge in [-0.1, -0.05) is 0 Å². The Hall–Kier alpha value is -1.06. The van der Waals surface area contributed by atoms with E-state index in [1.165, 1.54) is 6.42 Å². The molecule has 2 aliphatic rings. The molecular formula is C27H25Cl3SiTi. The van der Waals surface area contributed by atoms with E-state index in [4.69, 9.17) is 0 Å². The molecule has 0 amide bonds. The molecule has 1 fully saturated rings. The van der Waals surface area contributed by atoms with Crippen LogP contribution >= 0.6 is 0 Å². The van der Waals surface area contributed by atoms with Crippen molar-refractivity contribution in [1.29, 1.82) is 0 Å². The van der Waals surface area contributed by atoms with E-state index in [1.807, 2.05) is 0 Å². The number of rotatable bonds is 4. The van der Waals surface area contributed by atoms with E-state index >= 15 is 0 Å². The summed E-state index contributed by atoms with van der Waals surface area (Å²) in [6.07, 6.45) is 10.7. The third-order valence-electron chi connectivity index (χ3n) is 6.91. The first-order chi connectivity index (χ1) is 14.3. The van der Waals surface area contributed by atoms with Crippen molar-refractivity contribution in [1.82, 2.24) is 0 Å². The standard InChI is InChI=1S/C27H25Si.3ClH.Ti/c1-4-14-24(15-5-1)28(25-16-6-2-7-17-25,26-18-8-3-9-19-26)27-20-22-12-10-11-13-23(22)21-27;;;;/h1-20,22-23,27H,21H2;3*1H;/q;;;;+3/p-3. The van der Waals surface area contributed by atoms with Gasteiger partial charge in [-0.05, 0) is 0 Å². The zero-order chi connectivity index (χ0) is 19.7. The van der Waals surface area contributed by atoms with Gasteiger partial charge in [0.2, 0.25) is 0 Å². The van der Waals surface area contributed by atoms with Gasteiger partial charge in [-0.15, -0.1) is 0 Å². The Morgan fingerprint density at radius 1 is 0.594 bits per heavy atom. The van der Waals surface area contributed by atoms with Gasteiger partial charge in [0.1, 0.15) is 0 Å². The first-order valence-corrected chi connectivity index (χ1v) is 13.5. The van der Waals surface area contributed by atoms with E-state index in [1.54, 1.807) is 15.6 Å². The van der Waals surface area contributed by atoms with Gasteiger partial charge >= 0.3 is 187 Å². The van der Waals surface area contributed by atoms with E-state index in [2.05, 4.69) is 136 Å². The van der Waals surface area contributed by atoms with Gasteiger partial charge in [0.25, 0.3) is 0 Å². The van der Waals surface area contributed by atoms with Crippen LogP contribution in [0.3, 0.4) is 0 Å². The molecule has 0 nitrogen and oxygen atoms in total. The van der Waals surface area contributed by atoms with Crippen molar-refractivity contribution in [2.24, 2.45) is 11.8 Å². The fourth-order valence-electron chi connectivity index (χ4n) is 5.69. The third-order valence-corrected chi connectivity index (χ3v) is 14.1. The molecule has 0 radical (unpaired) electrons. The van der Waals surface area contributed by atoms with Crippen LogP contribution in [0.2, 0.25) is 9.76 Å². The number of benzene rings is 3. The van der Waals surface area contributed by atoms with Crippen LogP contribution in [0, 0.1) is 11.8 Å². The Morgan fingerprint density at radius 2 is 1.00 bits per heavy atom. The minimum absolute atomic E-state index is 0. The Labute approximate surface area is 223 Å². The number of halogens is 3. The summed E-state index contributed by atoms with van der Waals surface area (Å²) in [6, 6.07) is 34.2. The molecule has 5 rings (SSSR count). The molecule has 0 aliphatic heterocycles. The van der Waals surface area contributed by atoms with Crippen LogP contribution in [0.4, 0.5) is 0 Å². The van der Waals surface area contributed by atoms with Crippen molar-refractivity contribution in [3.05, 3.63) is 115 Å². The van der Waals surface area contributed by atoms with Crippen molar-refractivity contribution in [2.45, 2.75) is 16.2 Å². The van der Waals surface area contributed by atoms with Crippen molar-refractivity contribution in [3.8, 4) is 0 Å². The summed E-state index contributed by atoms with van der Waals surface area (Å²) in [6.45, 7) is 0. The van der Waals surface area contributed by atoms with Crippen molar-refractivity contribution in [2.75, 3.05) is 0 Å². The fraction of sp³-hybridized carbons (Fsp3) is 0.185. The first-order valence-electron chi connectivity index (χ1n) is 10.5. The molecule has 0 N–H and O–H groups in total. The molecule has 2 aliphatic carbocycles. The van der Waals surface area contributed by atoms with Gasteiger partial charge in [-0.3, -0.25) is 0 Å². The molecule has 0 heterocycles. The normalized spacial score (nSPS) is 23.3. The van der Waals surface area contributed by atoms with Crippen LogP contribution in [0.25, 0.3) is 0 Å². The summed E-state index contributed by atoms with van der Waals surface area (Å²) < 4.78 is 0.661. The average Bonchev–Trinajstić information content (AvgIpc) is 3.14. The molecule has 5 heteroatoms. The van der Waals surface area contributed by atoms with E-state index in [0.29, 0.717) is 21.6 Å². The van der Waals surface area contributed by atoms with Crippen LogP contribution in [0.5, 0.6) is 0 Å². The van der Waals surface area contributed by atoms with Crippen LogP contribution < -0.4 is 52.8 Å². The molecule has 4 unspecified atom stereocenters. The Bertz CT molecular complexity index is 928. The zero-order valence-corrected chi connectivity index (χ0v) is 22.4. The summed E-state index contributed by atoms with van der Waals surface area (Å²) >= 11 is 2.51. The quantitative estimate of drug-likeness (QED) is 0.236. The van der Waals surface area contributed by atoms with Gasteiger partial charge in [-0.25, -0.2) is 0 Å². The predicted molar refractivity (Wildman–Crippen MR) is 121 cm³/mol. The van der Waals surface area contributed by atoms with Gasteiger partial charge in [0, 0.05) is 0 Å². The number of hydrogen-bond donors (Lipinski definition) is 0. The summed E-state index contributed by atoms with van der Waals surface area (Å²) in [7, 11) is -2.21. The summed E-state index contributed by atoms with van der Waals surface area (Å²) in [5.41, 5.74) is 0.664.